The average Bonchev–Trinajstić information content (AvgIpc) is 4.00. The minimum Gasteiger partial charge on any atom is -0.456 e. The maximum atomic E-state index is 9.84. The molecule has 0 spiro atoms. The van der Waals surface area contributed by atoms with Crippen molar-refractivity contribution in [2.75, 3.05) is 0 Å². The van der Waals surface area contributed by atoms with Crippen LogP contribution in [0.1, 0.15) is 16.4 Å². The van der Waals surface area contributed by atoms with Gasteiger partial charge in [0.1, 0.15) is 11.2 Å². The SMILES string of the molecule is [2H]c1c([2H])c([2H])c(-c2c([2H])c([2H])c3c(c2[2H])c2c([2H])c([2H])c([2H])c([2H])c2n3-c2cc(-c3ccc4oc5ccccc5c4c3)ccc2-c2nc(-c3ccccc3)nc(-c3ccc(-c4ccccc4)cc3)n2)c([2H])c1[2H]. The van der Waals surface area contributed by atoms with E-state index in [4.69, 9.17) is 29.0 Å². The van der Waals surface area contributed by atoms with Crippen LogP contribution in [-0.2, 0) is 0 Å². The molecule has 0 N–H and O–H groups in total. The van der Waals surface area contributed by atoms with Gasteiger partial charge >= 0.3 is 0 Å². The number of nitrogens with zero attached hydrogens (tertiary/aromatic N) is 4. The topological polar surface area (TPSA) is 56.7 Å². The molecule has 0 aliphatic carbocycles. The quantitative estimate of drug-likeness (QED) is 0.161. The summed E-state index contributed by atoms with van der Waals surface area (Å²) in [6.45, 7) is 0. The van der Waals surface area contributed by atoms with Crippen molar-refractivity contribution < 1.29 is 20.9 Å². The molecule has 12 rings (SSSR count). The van der Waals surface area contributed by atoms with Crippen LogP contribution in [0, 0.1) is 0 Å². The summed E-state index contributed by atoms with van der Waals surface area (Å²) in [5.74, 6) is 0.783. The molecule has 0 atom stereocenters. The number of hydrogen-bond acceptors (Lipinski definition) is 4. The van der Waals surface area contributed by atoms with Gasteiger partial charge in [0.05, 0.1) is 33.2 Å². The molecule has 3 heterocycles. The van der Waals surface area contributed by atoms with Gasteiger partial charge in [-0.3, -0.25) is 0 Å². The van der Waals surface area contributed by atoms with E-state index < -0.39 is 83.6 Å². The first-order valence-corrected chi connectivity index (χ1v) is 19.9. The zero-order chi connectivity index (χ0) is 51.4. The van der Waals surface area contributed by atoms with Crippen LogP contribution < -0.4 is 0 Å². The van der Waals surface area contributed by atoms with Gasteiger partial charge in [0.2, 0.25) is 0 Å². The molecule has 5 heteroatoms. The van der Waals surface area contributed by atoms with E-state index in [-0.39, 0.29) is 33.3 Å². The molecule has 62 heavy (non-hydrogen) atoms. The van der Waals surface area contributed by atoms with Gasteiger partial charge in [-0.1, -0.05) is 170 Å². The lowest BCUT2D eigenvalue weighted by atomic mass is 9.99. The Bertz CT molecular complexity index is 4300. The Morgan fingerprint density at radius 3 is 1.76 bits per heavy atom. The Labute approximate surface area is 374 Å². The third-order valence-electron chi connectivity index (χ3n) is 11.0. The zero-order valence-corrected chi connectivity index (χ0v) is 32.6. The maximum absolute atomic E-state index is 9.84. The second-order valence-electron chi connectivity index (χ2n) is 14.7. The van der Waals surface area contributed by atoms with E-state index >= 15 is 0 Å². The molecule has 3 aromatic heterocycles. The molecule has 0 saturated heterocycles. The molecule has 0 bridgehead atoms. The zero-order valence-electron chi connectivity index (χ0n) is 44.6. The van der Waals surface area contributed by atoms with Crippen LogP contribution in [-0.4, -0.2) is 19.5 Å². The number of fused-ring (bicyclic) bond motifs is 6. The molecule has 0 saturated carbocycles. The third kappa shape index (κ3) is 6.14. The van der Waals surface area contributed by atoms with Gasteiger partial charge in [-0.15, -0.1) is 0 Å². The molecule has 0 aliphatic rings. The first-order valence-electron chi connectivity index (χ1n) is 25.9. The van der Waals surface area contributed by atoms with Crippen LogP contribution in [0.3, 0.4) is 0 Å². The Morgan fingerprint density at radius 2 is 0.952 bits per heavy atom. The average molecular weight is 805 g/mol. The Hall–Kier alpha value is -8.41. The lowest BCUT2D eigenvalue weighted by molar-refractivity contribution is 0.669. The number of hydrogen-bond donors (Lipinski definition) is 0. The Morgan fingerprint density at radius 1 is 0.371 bits per heavy atom. The number of rotatable bonds is 7. The highest BCUT2D eigenvalue weighted by atomic mass is 16.3. The molecule has 9 aromatic carbocycles. The summed E-state index contributed by atoms with van der Waals surface area (Å²) >= 11 is 0. The van der Waals surface area contributed by atoms with Gasteiger partial charge in [-0.25, -0.2) is 15.0 Å². The molecule has 0 amide bonds. The van der Waals surface area contributed by atoms with Crippen LogP contribution in [0.2, 0.25) is 0 Å². The van der Waals surface area contributed by atoms with Gasteiger partial charge < -0.3 is 8.98 Å². The third-order valence-corrected chi connectivity index (χ3v) is 11.0. The monoisotopic (exact) mass is 804 g/mol. The van der Waals surface area contributed by atoms with E-state index in [1.54, 1.807) is 12.1 Å². The minimum atomic E-state index is -0.711. The van der Waals surface area contributed by atoms with Gasteiger partial charge in [-0.05, 0) is 81.8 Å². The molecule has 0 radical (unpaired) electrons. The van der Waals surface area contributed by atoms with Crippen LogP contribution in [0.5, 0.6) is 0 Å². The fourth-order valence-corrected chi connectivity index (χ4v) is 8.03. The highest BCUT2D eigenvalue weighted by molar-refractivity contribution is 6.11. The van der Waals surface area contributed by atoms with Gasteiger partial charge in [0.25, 0.3) is 0 Å². The van der Waals surface area contributed by atoms with E-state index in [0.717, 1.165) is 27.5 Å². The molecule has 290 valence electrons. The molecular weight excluding hydrogens is 757 g/mol. The van der Waals surface area contributed by atoms with Crippen molar-refractivity contribution in [3.8, 4) is 73.2 Å². The van der Waals surface area contributed by atoms with Crippen molar-refractivity contribution in [3.05, 3.63) is 218 Å². The van der Waals surface area contributed by atoms with Crippen molar-refractivity contribution in [2.24, 2.45) is 0 Å². The van der Waals surface area contributed by atoms with Gasteiger partial charge in [-0.2, -0.15) is 0 Å². The fourth-order valence-electron chi connectivity index (χ4n) is 8.03. The van der Waals surface area contributed by atoms with E-state index in [9.17, 15) is 6.85 Å². The van der Waals surface area contributed by atoms with Gasteiger partial charge in [0, 0.05) is 38.2 Å². The van der Waals surface area contributed by atoms with Crippen LogP contribution in [0.25, 0.3) is 117 Å². The lowest BCUT2D eigenvalue weighted by Gasteiger charge is -2.17. The number of furan rings is 1. The van der Waals surface area contributed by atoms with Crippen molar-refractivity contribution in [3.63, 3.8) is 0 Å². The smallest absolute Gasteiger partial charge is 0.166 e. The first-order chi connectivity index (χ1) is 35.7. The van der Waals surface area contributed by atoms with Crippen LogP contribution in [0.4, 0.5) is 0 Å². The molecule has 0 fully saturated rings. The predicted molar refractivity (Wildman–Crippen MR) is 254 cm³/mol. The summed E-state index contributed by atoms with van der Waals surface area (Å²) in [6.07, 6.45) is 0. The molecule has 0 unspecified atom stereocenters. The summed E-state index contributed by atoms with van der Waals surface area (Å²) in [6, 6.07) is 38.3. The number of para-hydroxylation sites is 2. The number of benzene rings is 9. The van der Waals surface area contributed by atoms with Crippen molar-refractivity contribution in [1.82, 2.24) is 19.5 Å². The predicted octanol–water partition coefficient (Wildman–Crippen LogP) is 14.9. The summed E-state index contributed by atoms with van der Waals surface area (Å²) < 4.78 is 117. The first kappa shape index (κ1) is 25.3. The highest BCUT2D eigenvalue weighted by Gasteiger charge is 2.21. The largest absolute Gasteiger partial charge is 0.456 e. The van der Waals surface area contributed by atoms with E-state index in [1.165, 1.54) is 4.57 Å². The van der Waals surface area contributed by atoms with Gasteiger partial charge in [0.15, 0.2) is 17.5 Å². The Kier molecular flexibility index (Phi) is 5.99. The second kappa shape index (κ2) is 14.7. The highest BCUT2D eigenvalue weighted by Crippen LogP contribution is 2.41. The summed E-state index contributed by atoms with van der Waals surface area (Å²) in [5.41, 5.74) is 5.34. The lowest BCUT2D eigenvalue weighted by Crippen LogP contribution is -2.04. The normalized spacial score (nSPS) is 14.3. The number of aromatic nitrogens is 4. The van der Waals surface area contributed by atoms with Crippen molar-refractivity contribution >= 4 is 43.7 Å². The fraction of sp³-hybridized carbons (Fsp3) is 0. The van der Waals surface area contributed by atoms with E-state index in [0.29, 0.717) is 45.1 Å². The second-order valence-corrected chi connectivity index (χ2v) is 14.7. The standard InChI is InChI=1S/C57H36N4O/c1-4-14-37(15-5-1)39-24-26-41(27-25-39)56-58-55(40-18-8-3-9-19-40)59-57(60-56)47-31-28-44(43-30-33-54-49(35-43)46-21-11-13-23-53(46)62-54)36-52(47)61-50-22-12-10-20-45(50)48-34-42(29-32-51(48)61)38-16-6-2-7-17-38/h1-36H/i2D,6D,7D,10D,12D,16D,17D,20D,22D,29D,32D,34D. The van der Waals surface area contributed by atoms with E-state index in [2.05, 4.69) is 0 Å². The molecule has 12 aromatic rings. The minimum absolute atomic E-state index is 0.144. The summed E-state index contributed by atoms with van der Waals surface area (Å²) in [5, 5.41) is 1.36. The van der Waals surface area contributed by atoms with Crippen molar-refractivity contribution in [1.29, 1.82) is 0 Å². The van der Waals surface area contributed by atoms with Crippen LogP contribution >= 0.6 is 0 Å². The summed E-state index contributed by atoms with van der Waals surface area (Å²) in [7, 11) is 0. The Balaban J connectivity index is 1.20. The maximum Gasteiger partial charge on any atom is 0.166 e. The molecular formula is C57H36N4O. The molecule has 5 nitrogen and oxygen atoms in total. The molecule has 0 aliphatic heterocycles. The summed E-state index contributed by atoms with van der Waals surface area (Å²) in [4.78, 5) is 15.2. The van der Waals surface area contributed by atoms with Crippen LogP contribution in [0.15, 0.2) is 223 Å². The van der Waals surface area contributed by atoms with E-state index in [1.807, 2.05) is 133 Å². The van der Waals surface area contributed by atoms with Crippen molar-refractivity contribution in [2.45, 2.75) is 0 Å².